The van der Waals surface area contributed by atoms with Crippen molar-refractivity contribution in [1.29, 1.82) is 0 Å². The van der Waals surface area contributed by atoms with Crippen molar-refractivity contribution < 1.29 is 15.0 Å². The largest absolute Gasteiger partial charge is 0.375 e. The summed E-state index contributed by atoms with van der Waals surface area (Å²) in [7, 11) is 0. The lowest BCUT2D eigenvalue weighted by molar-refractivity contribution is -0.631. The van der Waals surface area contributed by atoms with E-state index in [2.05, 4.69) is 5.32 Å². The lowest BCUT2D eigenvalue weighted by Crippen LogP contribution is -2.63. The molecule has 0 aromatic rings. The Morgan fingerprint density at radius 1 is 1.35 bits per heavy atom. The van der Waals surface area contributed by atoms with Gasteiger partial charge in [0.05, 0.1) is 6.54 Å². The van der Waals surface area contributed by atoms with Crippen LogP contribution in [-0.4, -0.2) is 44.8 Å². The number of nitrogens with one attached hydrogen (secondary N) is 1. The van der Waals surface area contributed by atoms with Gasteiger partial charge in [0.25, 0.3) is 0 Å². The first-order valence-corrected chi connectivity index (χ1v) is 6.71. The number of amides is 2. The molecule has 1 aliphatic rings. The van der Waals surface area contributed by atoms with Gasteiger partial charge in [-0.1, -0.05) is 0 Å². The minimum absolute atomic E-state index is 0.00792. The molecule has 0 bridgehead atoms. The molecule has 1 heterocycles. The fourth-order valence-electron chi connectivity index (χ4n) is 2.95. The van der Waals surface area contributed by atoms with Gasteiger partial charge in [-0.05, 0) is 52.5 Å². The van der Waals surface area contributed by atoms with Gasteiger partial charge in [0.15, 0.2) is 5.03 Å². The number of carbonyl (C=O) groups is 1. The van der Waals surface area contributed by atoms with E-state index in [1.807, 2.05) is 27.7 Å². The maximum absolute atomic E-state index is 12.2. The third-order valence-electron chi connectivity index (χ3n) is 3.65. The van der Waals surface area contributed by atoms with Crippen molar-refractivity contribution in [3.8, 4) is 0 Å². The van der Waals surface area contributed by atoms with Gasteiger partial charge in [-0.3, -0.25) is 0 Å². The van der Waals surface area contributed by atoms with Crippen LogP contribution >= 0.6 is 0 Å². The summed E-state index contributed by atoms with van der Waals surface area (Å²) in [5.41, 5.74) is -1.24. The number of hydrazine groups is 1. The van der Waals surface area contributed by atoms with Crippen molar-refractivity contribution in [3.63, 3.8) is 0 Å². The average molecular weight is 287 g/mol. The number of hydrogen-bond donors (Lipinski definition) is 1. The standard InChI is InChI=1S/C12H23N4O4/c1-6-14(16(19)20)10(17)13-9-7-11(2,3)15(18)12(4,5)8-9/h9H,6-8H2,1-5H3,(H,13,17). The van der Waals surface area contributed by atoms with Crippen molar-refractivity contribution in [2.45, 2.75) is 64.6 Å². The van der Waals surface area contributed by atoms with Crippen LogP contribution in [0.3, 0.4) is 0 Å². The van der Waals surface area contributed by atoms with Crippen LogP contribution in [0, 0.1) is 10.1 Å². The molecule has 0 saturated carbocycles. The van der Waals surface area contributed by atoms with Crippen molar-refractivity contribution >= 4 is 6.03 Å². The minimum atomic E-state index is -0.728. The molecule has 1 aliphatic heterocycles. The molecule has 1 fully saturated rings. The number of urea groups is 1. The molecule has 1 saturated heterocycles. The molecule has 8 nitrogen and oxygen atoms in total. The summed E-state index contributed by atoms with van der Waals surface area (Å²) in [4.78, 5) is 22.6. The molecule has 0 aromatic carbocycles. The second-order valence-corrected chi connectivity index (χ2v) is 6.43. The number of carbonyl (C=O) groups excluding carboxylic acids is 1. The van der Waals surface area contributed by atoms with Crippen molar-refractivity contribution in [2.75, 3.05) is 6.54 Å². The summed E-state index contributed by atoms with van der Waals surface area (Å²) >= 11 is 0. The Kier molecular flexibility index (Phi) is 4.60. The smallest absolute Gasteiger partial charge is 0.331 e. The number of rotatable bonds is 3. The lowest BCUT2D eigenvalue weighted by atomic mass is 9.79. The van der Waals surface area contributed by atoms with Crippen LogP contribution in [-0.2, 0) is 5.21 Å². The van der Waals surface area contributed by atoms with E-state index in [-0.39, 0.29) is 12.6 Å². The molecule has 2 amide bonds. The summed E-state index contributed by atoms with van der Waals surface area (Å²) < 4.78 is 0. The second-order valence-electron chi connectivity index (χ2n) is 6.43. The van der Waals surface area contributed by atoms with Crippen molar-refractivity contribution in [1.82, 2.24) is 15.4 Å². The van der Waals surface area contributed by atoms with E-state index < -0.39 is 22.1 Å². The summed E-state index contributed by atoms with van der Waals surface area (Å²) in [5, 5.41) is 26.4. The van der Waals surface area contributed by atoms with Gasteiger partial charge in [-0.25, -0.2) is 14.9 Å². The molecule has 1 N–H and O–H groups in total. The topological polar surface area (TPSA) is 98.6 Å². The maximum Gasteiger partial charge on any atom is 0.375 e. The monoisotopic (exact) mass is 287 g/mol. The van der Waals surface area contributed by atoms with E-state index in [1.165, 1.54) is 6.92 Å². The van der Waals surface area contributed by atoms with Gasteiger partial charge in [-0.2, -0.15) is 0 Å². The number of hydrogen-bond acceptors (Lipinski definition) is 4. The Morgan fingerprint density at radius 3 is 2.15 bits per heavy atom. The maximum atomic E-state index is 12.2. The molecule has 0 aromatic heterocycles. The molecule has 0 atom stereocenters. The Morgan fingerprint density at radius 2 is 1.80 bits per heavy atom. The fourth-order valence-corrected chi connectivity index (χ4v) is 2.95. The highest BCUT2D eigenvalue weighted by molar-refractivity contribution is 5.73. The molecule has 20 heavy (non-hydrogen) atoms. The molecular formula is C12H23N4O4. The Balaban J connectivity index is 2.79. The first-order valence-electron chi connectivity index (χ1n) is 6.71. The van der Waals surface area contributed by atoms with E-state index in [4.69, 9.17) is 0 Å². The zero-order valence-corrected chi connectivity index (χ0v) is 12.7. The van der Waals surface area contributed by atoms with Crippen LogP contribution in [0.2, 0.25) is 0 Å². The molecule has 0 aliphatic carbocycles. The molecule has 115 valence electrons. The Hall–Kier alpha value is -1.41. The van der Waals surface area contributed by atoms with Gasteiger partial charge in [0.1, 0.15) is 0 Å². The summed E-state index contributed by atoms with van der Waals surface area (Å²) in [6.07, 6.45) is 0.919. The van der Waals surface area contributed by atoms with Gasteiger partial charge in [0, 0.05) is 17.1 Å². The highest BCUT2D eigenvalue weighted by Crippen LogP contribution is 2.36. The van der Waals surface area contributed by atoms with Crippen LogP contribution in [0.25, 0.3) is 0 Å². The Bertz CT molecular complexity index is 379. The molecule has 0 unspecified atom stereocenters. The molecule has 1 rings (SSSR count). The van der Waals surface area contributed by atoms with Crippen molar-refractivity contribution in [2.24, 2.45) is 0 Å². The number of hydroxylamine groups is 2. The summed E-state index contributed by atoms with van der Waals surface area (Å²) in [5.74, 6) is 0. The third kappa shape index (κ3) is 3.37. The highest BCUT2D eigenvalue weighted by Gasteiger charge is 2.47. The highest BCUT2D eigenvalue weighted by atomic mass is 16.7. The molecular weight excluding hydrogens is 264 g/mol. The van der Waals surface area contributed by atoms with Crippen molar-refractivity contribution in [3.05, 3.63) is 10.1 Å². The van der Waals surface area contributed by atoms with E-state index >= 15 is 0 Å². The fraction of sp³-hybridized carbons (Fsp3) is 0.917. The van der Waals surface area contributed by atoms with E-state index in [0.717, 1.165) is 5.06 Å². The van der Waals surface area contributed by atoms with Gasteiger partial charge in [-0.15, -0.1) is 10.3 Å². The summed E-state index contributed by atoms with van der Waals surface area (Å²) in [6, 6.07) is -0.986. The lowest BCUT2D eigenvalue weighted by Gasteiger charge is -2.49. The predicted octanol–water partition coefficient (Wildman–Crippen LogP) is 1.58. The minimum Gasteiger partial charge on any atom is -0.331 e. The zero-order chi connectivity index (χ0) is 15.7. The first kappa shape index (κ1) is 16.6. The van der Waals surface area contributed by atoms with Gasteiger partial charge >= 0.3 is 6.03 Å². The number of nitro groups is 1. The Labute approximate surface area is 118 Å². The SMILES string of the molecule is CCN(C(=O)NC1CC(C)(C)N([O])C(C)(C)C1)[N+](=O)[O-]. The van der Waals surface area contributed by atoms with Crippen LogP contribution < -0.4 is 5.32 Å². The van der Waals surface area contributed by atoms with E-state index in [1.54, 1.807) is 0 Å². The predicted molar refractivity (Wildman–Crippen MR) is 71.6 cm³/mol. The van der Waals surface area contributed by atoms with Gasteiger partial charge < -0.3 is 5.32 Å². The van der Waals surface area contributed by atoms with Crippen LogP contribution in [0.1, 0.15) is 47.5 Å². The second kappa shape index (κ2) is 5.53. The van der Waals surface area contributed by atoms with Crippen LogP contribution in [0.5, 0.6) is 0 Å². The molecule has 8 heteroatoms. The molecule has 1 radical (unpaired) electrons. The molecule has 0 spiro atoms. The quantitative estimate of drug-likeness (QED) is 0.629. The van der Waals surface area contributed by atoms with E-state index in [0.29, 0.717) is 17.9 Å². The first-order chi connectivity index (χ1) is 9.01. The third-order valence-corrected chi connectivity index (χ3v) is 3.65. The van der Waals surface area contributed by atoms with Gasteiger partial charge in [0.2, 0.25) is 0 Å². The average Bonchev–Trinajstić information content (AvgIpc) is 2.25. The van der Waals surface area contributed by atoms with Crippen LogP contribution in [0.4, 0.5) is 4.79 Å². The summed E-state index contributed by atoms with van der Waals surface area (Å²) in [6.45, 7) is 8.77. The zero-order valence-electron chi connectivity index (χ0n) is 12.7. The normalized spacial score (nSPS) is 22.3. The van der Waals surface area contributed by atoms with Crippen LogP contribution in [0.15, 0.2) is 0 Å². The number of piperidine rings is 1. The number of nitrogens with zero attached hydrogens (tertiary/aromatic N) is 3. The van der Waals surface area contributed by atoms with E-state index in [9.17, 15) is 20.1 Å².